The van der Waals surface area contributed by atoms with Crippen LogP contribution in [0, 0.1) is 17.2 Å². The van der Waals surface area contributed by atoms with Crippen molar-refractivity contribution in [3.8, 4) is 0 Å². The van der Waals surface area contributed by atoms with Gasteiger partial charge in [-0.15, -0.1) is 0 Å². The fraction of sp³-hybridized carbons (Fsp3) is 0.375. The molecule has 2 N–H and O–H groups in total. The third-order valence-corrected chi connectivity index (χ3v) is 4.76. The number of carboxylic acid groups (broad SMARTS) is 2. The second-order valence-electron chi connectivity index (χ2n) is 6.02. The highest BCUT2D eigenvalue weighted by atomic mass is 35.5. The number of rotatable bonds is 4. The van der Waals surface area contributed by atoms with E-state index in [9.17, 15) is 33.0 Å². The number of allylic oxidation sites excluding steroid dienone is 1. The summed E-state index contributed by atoms with van der Waals surface area (Å²) in [5.41, 5.74) is -4.48. The summed E-state index contributed by atoms with van der Waals surface area (Å²) in [6, 6.07) is 3.28. The summed E-state index contributed by atoms with van der Waals surface area (Å²) in [4.78, 5) is 23.5. The van der Waals surface area contributed by atoms with Crippen LogP contribution in [0.2, 0.25) is 5.02 Å². The van der Waals surface area contributed by atoms with Crippen molar-refractivity contribution in [2.45, 2.75) is 25.2 Å². The summed E-state index contributed by atoms with van der Waals surface area (Å²) in [6.45, 7) is 1.04. The third-order valence-electron chi connectivity index (χ3n) is 4.52. The number of hydrogen-bond acceptors (Lipinski definition) is 2. The number of hydrogen-bond donors (Lipinski definition) is 2. The summed E-state index contributed by atoms with van der Waals surface area (Å²) in [7, 11) is 0. The quantitative estimate of drug-likeness (QED) is 0.800. The highest BCUT2D eigenvalue weighted by Gasteiger charge is 2.56. The molecule has 0 aromatic heterocycles. The van der Waals surface area contributed by atoms with Crippen LogP contribution in [0.4, 0.5) is 13.2 Å². The van der Waals surface area contributed by atoms with Crippen molar-refractivity contribution in [3.63, 3.8) is 0 Å². The van der Waals surface area contributed by atoms with Gasteiger partial charge in [-0.3, -0.25) is 9.59 Å². The smallest absolute Gasteiger partial charge is 0.318 e. The molecule has 1 aliphatic carbocycles. The predicted octanol–water partition coefficient (Wildman–Crippen LogP) is 3.73. The minimum atomic E-state index is -3.00. The minimum absolute atomic E-state index is 0.0306. The molecule has 0 saturated carbocycles. The summed E-state index contributed by atoms with van der Waals surface area (Å²) in [5, 5.41) is 19.1. The van der Waals surface area contributed by atoms with Gasteiger partial charge in [-0.05, 0) is 25.5 Å². The summed E-state index contributed by atoms with van der Waals surface area (Å²) in [6.07, 6.45) is -1.91. The second-order valence-corrected chi connectivity index (χ2v) is 6.46. The lowest BCUT2D eigenvalue weighted by molar-refractivity contribution is -0.159. The molecular formula is C16H14ClF3O4. The van der Waals surface area contributed by atoms with Crippen LogP contribution >= 0.6 is 11.6 Å². The Bertz CT molecular complexity index is 721. The first kappa shape index (κ1) is 18.3. The van der Waals surface area contributed by atoms with E-state index in [2.05, 4.69) is 0 Å². The molecule has 130 valence electrons. The number of benzene rings is 1. The van der Waals surface area contributed by atoms with Crippen molar-refractivity contribution in [3.05, 3.63) is 46.8 Å². The Hall–Kier alpha value is -2.02. The van der Waals surface area contributed by atoms with Gasteiger partial charge in [-0.2, -0.15) is 0 Å². The van der Waals surface area contributed by atoms with Crippen molar-refractivity contribution in [1.82, 2.24) is 0 Å². The first-order chi connectivity index (χ1) is 11.0. The fourth-order valence-corrected chi connectivity index (χ4v) is 3.27. The van der Waals surface area contributed by atoms with Gasteiger partial charge in [0.1, 0.15) is 11.2 Å². The van der Waals surface area contributed by atoms with Crippen molar-refractivity contribution >= 4 is 23.5 Å². The number of aliphatic carboxylic acids is 2. The maximum atomic E-state index is 14.3. The lowest BCUT2D eigenvalue weighted by Gasteiger charge is -2.42. The summed E-state index contributed by atoms with van der Waals surface area (Å²) >= 11 is 5.65. The second kappa shape index (κ2) is 6.12. The fourth-order valence-electron chi connectivity index (χ4n) is 3.11. The van der Waals surface area contributed by atoms with E-state index >= 15 is 0 Å². The monoisotopic (exact) mass is 362 g/mol. The summed E-state index contributed by atoms with van der Waals surface area (Å²) < 4.78 is 40.7. The highest BCUT2D eigenvalue weighted by molar-refractivity contribution is 6.30. The molecule has 0 bridgehead atoms. The summed E-state index contributed by atoms with van der Waals surface area (Å²) in [5.74, 6) is -5.73. The lowest BCUT2D eigenvalue weighted by Crippen LogP contribution is -2.50. The zero-order valence-electron chi connectivity index (χ0n) is 12.5. The van der Waals surface area contributed by atoms with Crippen molar-refractivity contribution in [1.29, 1.82) is 0 Å². The molecule has 0 saturated heterocycles. The Morgan fingerprint density at radius 1 is 1.29 bits per heavy atom. The Labute approximate surface area is 140 Å². The van der Waals surface area contributed by atoms with Crippen LogP contribution in [0.3, 0.4) is 0 Å². The number of alkyl halides is 2. The molecule has 4 nitrogen and oxygen atoms in total. The average Bonchev–Trinajstić information content (AvgIpc) is 2.46. The van der Waals surface area contributed by atoms with Gasteiger partial charge in [0.15, 0.2) is 0 Å². The van der Waals surface area contributed by atoms with Crippen LogP contribution in [0.1, 0.15) is 18.9 Å². The van der Waals surface area contributed by atoms with Crippen LogP contribution < -0.4 is 0 Å². The third kappa shape index (κ3) is 2.77. The molecule has 8 heteroatoms. The Morgan fingerprint density at radius 3 is 2.38 bits per heavy atom. The molecule has 1 aliphatic rings. The Morgan fingerprint density at radius 2 is 1.92 bits per heavy atom. The van der Waals surface area contributed by atoms with Gasteiger partial charge in [0, 0.05) is 10.6 Å². The predicted molar refractivity (Wildman–Crippen MR) is 79.7 cm³/mol. The topological polar surface area (TPSA) is 74.6 Å². The van der Waals surface area contributed by atoms with E-state index in [4.69, 9.17) is 11.6 Å². The van der Waals surface area contributed by atoms with Gasteiger partial charge >= 0.3 is 11.9 Å². The first-order valence-electron chi connectivity index (χ1n) is 6.94. The number of carbonyl (C=O) groups is 2. The molecule has 0 aliphatic heterocycles. The molecule has 0 radical (unpaired) electrons. The maximum Gasteiger partial charge on any atom is 0.318 e. The van der Waals surface area contributed by atoms with Gasteiger partial charge in [-0.25, -0.2) is 13.2 Å². The molecule has 3 atom stereocenters. The van der Waals surface area contributed by atoms with Gasteiger partial charge in [0.05, 0.1) is 11.3 Å². The van der Waals surface area contributed by atoms with E-state index in [0.717, 1.165) is 31.2 Å². The molecule has 0 fully saturated rings. The van der Waals surface area contributed by atoms with Crippen LogP contribution in [0.15, 0.2) is 30.4 Å². The van der Waals surface area contributed by atoms with Crippen molar-refractivity contribution < 1.29 is 33.0 Å². The van der Waals surface area contributed by atoms with E-state index in [-0.39, 0.29) is 10.6 Å². The molecule has 1 aromatic rings. The molecular weight excluding hydrogens is 349 g/mol. The highest BCUT2D eigenvalue weighted by Crippen LogP contribution is 2.50. The standard InChI is InChI=1S/C16H14ClF3O4/c1-15(13(21)22)7-16(14(23)24,5-4-10(15)12(19)20)9-3-2-8(17)6-11(9)18/h2-6,10,12H,7H2,1H3,(H,21,22)(H,23,24). The minimum Gasteiger partial charge on any atom is -0.481 e. The molecule has 3 unspecified atom stereocenters. The Kier molecular flexibility index (Phi) is 4.68. The van der Waals surface area contributed by atoms with E-state index in [1.165, 1.54) is 6.07 Å². The van der Waals surface area contributed by atoms with Gasteiger partial charge in [-0.1, -0.05) is 29.8 Å². The zero-order valence-corrected chi connectivity index (χ0v) is 13.2. The largest absolute Gasteiger partial charge is 0.481 e. The molecule has 0 heterocycles. The maximum absolute atomic E-state index is 14.3. The first-order valence-corrected chi connectivity index (χ1v) is 7.32. The van der Waals surface area contributed by atoms with Crippen LogP contribution in [0.5, 0.6) is 0 Å². The molecule has 1 aromatic carbocycles. The van der Waals surface area contributed by atoms with Crippen molar-refractivity contribution in [2.75, 3.05) is 0 Å². The van der Waals surface area contributed by atoms with E-state index < -0.39 is 47.3 Å². The zero-order chi connectivity index (χ0) is 18.3. The van der Waals surface area contributed by atoms with Gasteiger partial charge in [0.2, 0.25) is 6.43 Å². The van der Waals surface area contributed by atoms with E-state index in [1.807, 2.05) is 0 Å². The van der Waals surface area contributed by atoms with Crippen molar-refractivity contribution in [2.24, 2.45) is 11.3 Å². The van der Waals surface area contributed by atoms with Crippen LogP contribution in [-0.4, -0.2) is 28.6 Å². The van der Waals surface area contributed by atoms with E-state index in [0.29, 0.717) is 0 Å². The molecule has 0 spiro atoms. The molecule has 2 rings (SSSR count). The normalized spacial score (nSPS) is 29.7. The molecule has 0 amide bonds. The molecule has 24 heavy (non-hydrogen) atoms. The number of carboxylic acids is 2. The SMILES string of the molecule is CC1(C(=O)O)CC(C(=O)O)(c2ccc(Cl)cc2F)C=CC1C(F)F. The Balaban J connectivity index is 2.70. The van der Waals surface area contributed by atoms with E-state index in [1.54, 1.807) is 0 Å². The number of halogens is 4. The van der Waals surface area contributed by atoms with Crippen LogP contribution in [0.25, 0.3) is 0 Å². The van der Waals surface area contributed by atoms with Gasteiger partial charge < -0.3 is 10.2 Å². The van der Waals surface area contributed by atoms with Gasteiger partial charge in [0.25, 0.3) is 0 Å². The average molecular weight is 363 g/mol. The van der Waals surface area contributed by atoms with Crippen LogP contribution in [-0.2, 0) is 15.0 Å². The lowest BCUT2D eigenvalue weighted by atomic mass is 9.59.